The number of hydrogen-bond donors (Lipinski definition) is 0. The van der Waals surface area contributed by atoms with E-state index in [-0.39, 0.29) is 24.4 Å². The Kier molecular flexibility index (Phi) is 7.98. The zero-order valence-electron chi connectivity index (χ0n) is 21.1. The van der Waals surface area contributed by atoms with Crippen molar-refractivity contribution in [1.82, 2.24) is 9.91 Å². The van der Waals surface area contributed by atoms with Crippen LogP contribution in [0.15, 0.2) is 71.8 Å². The van der Waals surface area contributed by atoms with Crippen molar-refractivity contribution in [2.75, 3.05) is 34.9 Å². The van der Waals surface area contributed by atoms with E-state index in [0.717, 1.165) is 11.1 Å². The molecule has 0 bridgehead atoms. The fraction of sp³-hybridized carbons (Fsp3) is 0.250. The van der Waals surface area contributed by atoms with Crippen LogP contribution in [0.3, 0.4) is 0 Å². The Labute approximate surface area is 221 Å². The number of amides is 2. The van der Waals surface area contributed by atoms with Gasteiger partial charge in [0.1, 0.15) is 23.8 Å². The Hall–Kier alpha value is -4.04. The molecule has 0 radical (unpaired) electrons. The van der Waals surface area contributed by atoms with E-state index in [2.05, 4.69) is 0 Å². The molecule has 0 aromatic heterocycles. The van der Waals surface area contributed by atoms with Crippen LogP contribution in [0.5, 0.6) is 17.2 Å². The quantitative estimate of drug-likeness (QED) is 0.425. The van der Waals surface area contributed by atoms with Gasteiger partial charge < -0.3 is 19.1 Å². The molecule has 0 N–H and O–H groups in total. The largest absolute Gasteiger partial charge is 0.497 e. The maximum atomic E-state index is 13.5. The Morgan fingerprint density at radius 1 is 0.973 bits per heavy atom. The predicted molar refractivity (Wildman–Crippen MR) is 142 cm³/mol. The SMILES string of the molecule is COc1ccc(C2CC(c3ccc(OC)cc3OC)=NN2C(=O)CN(C)C(=O)c2ccccc2Cl)cc1. The monoisotopic (exact) mass is 521 g/mol. The number of nitrogens with zero attached hydrogens (tertiary/aromatic N) is 3. The molecule has 1 unspecified atom stereocenters. The minimum absolute atomic E-state index is 0.173. The van der Waals surface area contributed by atoms with Gasteiger partial charge in [-0.3, -0.25) is 9.59 Å². The van der Waals surface area contributed by atoms with E-state index in [0.29, 0.717) is 40.0 Å². The van der Waals surface area contributed by atoms with E-state index in [4.69, 9.17) is 30.9 Å². The highest BCUT2D eigenvalue weighted by Gasteiger charge is 2.35. The molecule has 0 aliphatic carbocycles. The molecule has 1 aliphatic rings. The van der Waals surface area contributed by atoms with Crippen LogP contribution in [0, 0.1) is 0 Å². The predicted octanol–water partition coefficient (Wildman–Crippen LogP) is 4.82. The van der Waals surface area contributed by atoms with Gasteiger partial charge in [-0.15, -0.1) is 0 Å². The van der Waals surface area contributed by atoms with Gasteiger partial charge in [-0.05, 0) is 42.0 Å². The van der Waals surface area contributed by atoms with Crippen LogP contribution in [-0.4, -0.2) is 62.4 Å². The minimum Gasteiger partial charge on any atom is -0.497 e. The molecule has 8 nitrogen and oxygen atoms in total. The van der Waals surface area contributed by atoms with Crippen LogP contribution in [0.25, 0.3) is 0 Å². The van der Waals surface area contributed by atoms with Gasteiger partial charge in [0.2, 0.25) is 0 Å². The average molecular weight is 522 g/mol. The molecule has 1 heterocycles. The highest BCUT2D eigenvalue weighted by atomic mass is 35.5. The Bertz CT molecular complexity index is 1330. The normalized spacial score (nSPS) is 14.7. The molecule has 37 heavy (non-hydrogen) atoms. The zero-order valence-corrected chi connectivity index (χ0v) is 21.9. The van der Waals surface area contributed by atoms with E-state index >= 15 is 0 Å². The first-order chi connectivity index (χ1) is 17.9. The zero-order chi connectivity index (χ0) is 26.5. The molecule has 3 aromatic carbocycles. The molecule has 0 saturated carbocycles. The summed E-state index contributed by atoms with van der Waals surface area (Å²) in [7, 11) is 6.33. The summed E-state index contributed by atoms with van der Waals surface area (Å²) in [5.74, 6) is 1.28. The van der Waals surface area contributed by atoms with E-state index < -0.39 is 0 Å². The van der Waals surface area contributed by atoms with Crippen LogP contribution < -0.4 is 14.2 Å². The number of hydrazone groups is 1. The second-order valence-electron chi connectivity index (χ2n) is 8.49. The van der Waals surface area contributed by atoms with Gasteiger partial charge in [0, 0.05) is 25.1 Å². The van der Waals surface area contributed by atoms with Crippen LogP contribution in [0.2, 0.25) is 5.02 Å². The number of hydrogen-bond acceptors (Lipinski definition) is 6. The summed E-state index contributed by atoms with van der Waals surface area (Å²) in [6, 6.07) is 19.4. The molecule has 3 aromatic rings. The van der Waals surface area contributed by atoms with Gasteiger partial charge in [0.05, 0.1) is 43.7 Å². The lowest BCUT2D eigenvalue weighted by Gasteiger charge is -2.25. The van der Waals surface area contributed by atoms with Crippen LogP contribution in [0.1, 0.15) is 33.9 Å². The summed E-state index contributed by atoms with van der Waals surface area (Å²) in [4.78, 5) is 27.8. The molecule has 4 rings (SSSR count). The summed E-state index contributed by atoms with van der Waals surface area (Å²) >= 11 is 6.20. The fourth-order valence-corrected chi connectivity index (χ4v) is 4.43. The maximum absolute atomic E-state index is 13.5. The van der Waals surface area contributed by atoms with Gasteiger partial charge in [-0.25, -0.2) is 5.01 Å². The van der Waals surface area contributed by atoms with Crippen LogP contribution in [0.4, 0.5) is 0 Å². The molecule has 0 saturated heterocycles. The molecular formula is C28H28ClN3O5. The smallest absolute Gasteiger partial charge is 0.262 e. The number of ether oxygens (including phenoxy) is 3. The summed E-state index contributed by atoms with van der Waals surface area (Å²) in [5.41, 5.74) is 2.67. The van der Waals surface area contributed by atoms with Crippen molar-refractivity contribution in [3.05, 3.63) is 88.4 Å². The van der Waals surface area contributed by atoms with Crippen LogP contribution >= 0.6 is 11.6 Å². The van der Waals surface area contributed by atoms with Gasteiger partial charge >= 0.3 is 0 Å². The topological polar surface area (TPSA) is 80.7 Å². The number of halogens is 1. The van der Waals surface area contributed by atoms with Crippen molar-refractivity contribution in [1.29, 1.82) is 0 Å². The highest BCUT2D eigenvalue weighted by Crippen LogP contribution is 2.36. The summed E-state index contributed by atoms with van der Waals surface area (Å²) in [6.07, 6.45) is 0.461. The summed E-state index contributed by atoms with van der Waals surface area (Å²) < 4.78 is 16.2. The van der Waals surface area contributed by atoms with E-state index in [1.807, 2.05) is 36.4 Å². The molecule has 0 fully saturated rings. The van der Waals surface area contributed by atoms with Crippen molar-refractivity contribution in [2.45, 2.75) is 12.5 Å². The number of carbonyl (C=O) groups is 2. The van der Waals surface area contributed by atoms with Gasteiger partial charge in [0.25, 0.3) is 11.8 Å². The number of likely N-dealkylation sites (N-methyl/N-ethyl adjacent to an activating group) is 1. The van der Waals surface area contributed by atoms with Gasteiger partial charge in [0.15, 0.2) is 0 Å². The summed E-state index contributed by atoms with van der Waals surface area (Å²) in [5, 5.41) is 6.48. The third-order valence-corrected chi connectivity index (χ3v) is 6.54. The van der Waals surface area contributed by atoms with Gasteiger partial charge in [-0.2, -0.15) is 5.10 Å². The maximum Gasteiger partial charge on any atom is 0.262 e. The number of rotatable bonds is 8. The molecule has 0 spiro atoms. The third-order valence-electron chi connectivity index (χ3n) is 6.21. The van der Waals surface area contributed by atoms with E-state index in [1.54, 1.807) is 58.7 Å². The second-order valence-corrected chi connectivity index (χ2v) is 8.89. The third kappa shape index (κ3) is 5.54. The van der Waals surface area contributed by atoms with Crippen molar-refractivity contribution >= 4 is 29.1 Å². The molecule has 9 heteroatoms. The lowest BCUT2D eigenvalue weighted by atomic mass is 9.97. The first kappa shape index (κ1) is 26.0. The second kappa shape index (κ2) is 11.3. The minimum atomic E-state index is -0.371. The van der Waals surface area contributed by atoms with Gasteiger partial charge in [-0.1, -0.05) is 35.9 Å². The number of methoxy groups -OCH3 is 3. The van der Waals surface area contributed by atoms with Crippen molar-refractivity contribution in [2.24, 2.45) is 5.10 Å². The highest BCUT2D eigenvalue weighted by molar-refractivity contribution is 6.33. The Morgan fingerprint density at radius 2 is 1.65 bits per heavy atom. The lowest BCUT2D eigenvalue weighted by Crippen LogP contribution is -2.39. The number of carbonyl (C=O) groups excluding carboxylic acids is 2. The van der Waals surface area contributed by atoms with Crippen molar-refractivity contribution in [3.63, 3.8) is 0 Å². The Morgan fingerprint density at radius 3 is 2.30 bits per heavy atom. The standard InChI is InChI=1S/C28H28ClN3O5/c1-31(28(34)21-7-5-6-8-23(21)29)17-27(33)32-25(18-9-11-19(35-2)12-10-18)16-24(30-32)22-14-13-20(36-3)15-26(22)37-4/h5-15,25H,16-17H2,1-4H3. The van der Waals surface area contributed by atoms with Crippen LogP contribution in [-0.2, 0) is 4.79 Å². The number of benzene rings is 3. The molecule has 1 aliphatic heterocycles. The first-order valence-electron chi connectivity index (χ1n) is 11.6. The molecule has 2 amide bonds. The molecule has 192 valence electrons. The van der Waals surface area contributed by atoms with E-state index in [1.165, 1.54) is 9.91 Å². The molecular weight excluding hydrogens is 494 g/mol. The fourth-order valence-electron chi connectivity index (χ4n) is 4.21. The first-order valence-corrected chi connectivity index (χ1v) is 12.0. The Balaban J connectivity index is 1.65. The lowest BCUT2D eigenvalue weighted by molar-refractivity contribution is -0.133. The van der Waals surface area contributed by atoms with Crippen molar-refractivity contribution in [3.8, 4) is 17.2 Å². The summed E-state index contributed by atoms with van der Waals surface area (Å²) in [6.45, 7) is -0.173. The molecule has 1 atom stereocenters. The van der Waals surface area contributed by atoms with Crippen molar-refractivity contribution < 1.29 is 23.8 Å². The van der Waals surface area contributed by atoms with E-state index in [9.17, 15) is 9.59 Å². The average Bonchev–Trinajstić information content (AvgIpc) is 3.38.